The number of amides is 1. The molecule has 1 heterocycles. The molecule has 2 aliphatic rings. The molecule has 0 spiro atoms. The Hall–Kier alpha value is -0.650. The quantitative estimate of drug-likeness (QED) is 0.772. The van der Waals surface area contributed by atoms with E-state index in [1.54, 1.807) is 0 Å². The minimum Gasteiger partial charge on any atom is -0.376 e. The Balaban J connectivity index is 1.89. The van der Waals surface area contributed by atoms with E-state index in [0.29, 0.717) is 13.0 Å². The lowest BCUT2D eigenvalue weighted by Crippen LogP contribution is -2.60. The summed E-state index contributed by atoms with van der Waals surface area (Å²) in [5.74, 6) is -0.253. The van der Waals surface area contributed by atoms with Crippen LogP contribution in [0.5, 0.6) is 0 Å². The number of carbonyl (C=O) groups is 1. The van der Waals surface area contributed by atoms with Gasteiger partial charge in [0.05, 0.1) is 18.8 Å². The summed E-state index contributed by atoms with van der Waals surface area (Å²) >= 11 is 0. The molecule has 2 rings (SSSR count). The SMILES string of the molecule is CC(C)NC1(C(N)=O)CCCC(OCC2CCCO2)C1. The average Bonchev–Trinajstić information content (AvgIpc) is 2.89. The van der Waals surface area contributed by atoms with E-state index in [2.05, 4.69) is 5.32 Å². The van der Waals surface area contributed by atoms with E-state index in [1.807, 2.05) is 13.8 Å². The molecule has 0 aromatic heterocycles. The Bertz CT molecular complexity index is 329. The highest BCUT2D eigenvalue weighted by molar-refractivity contribution is 5.84. The third-order valence-corrected chi connectivity index (χ3v) is 4.28. The maximum Gasteiger partial charge on any atom is 0.237 e. The van der Waals surface area contributed by atoms with Gasteiger partial charge in [-0.3, -0.25) is 4.79 Å². The summed E-state index contributed by atoms with van der Waals surface area (Å²) in [6.45, 7) is 5.57. The third-order valence-electron chi connectivity index (χ3n) is 4.28. The van der Waals surface area contributed by atoms with Crippen molar-refractivity contribution in [3.05, 3.63) is 0 Å². The molecule has 0 bridgehead atoms. The molecule has 5 heteroatoms. The number of nitrogens with one attached hydrogen (secondary N) is 1. The number of primary amides is 1. The first kappa shape index (κ1) is 15.7. The van der Waals surface area contributed by atoms with Crippen LogP contribution >= 0.6 is 0 Å². The normalized spacial score (nSPS) is 34.5. The third kappa shape index (κ3) is 3.93. The molecule has 116 valence electrons. The van der Waals surface area contributed by atoms with Crippen molar-refractivity contribution in [3.63, 3.8) is 0 Å². The van der Waals surface area contributed by atoms with Gasteiger partial charge < -0.3 is 20.5 Å². The van der Waals surface area contributed by atoms with Gasteiger partial charge in [0.2, 0.25) is 5.91 Å². The van der Waals surface area contributed by atoms with Gasteiger partial charge in [0.15, 0.2) is 0 Å². The molecule has 1 amide bonds. The molecular weight excluding hydrogens is 256 g/mol. The molecule has 0 aromatic rings. The number of rotatable bonds is 6. The first-order valence-electron chi connectivity index (χ1n) is 7.83. The summed E-state index contributed by atoms with van der Waals surface area (Å²) < 4.78 is 11.6. The highest BCUT2D eigenvalue weighted by atomic mass is 16.5. The van der Waals surface area contributed by atoms with Crippen LogP contribution in [0.25, 0.3) is 0 Å². The summed E-state index contributed by atoms with van der Waals surface area (Å²) in [6, 6.07) is 0.236. The van der Waals surface area contributed by atoms with Crippen LogP contribution in [0.3, 0.4) is 0 Å². The van der Waals surface area contributed by atoms with Crippen molar-refractivity contribution in [2.24, 2.45) is 5.73 Å². The molecule has 1 saturated carbocycles. The molecule has 2 fully saturated rings. The monoisotopic (exact) mass is 284 g/mol. The van der Waals surface area contributed by atoms with Crippen LogP contribution in [-0.4, -0.2) is 42.9 Å². The zero-order valence-corrected chi connectivity index (χ0v) is 12.7. The Morgan fingerprint density at radius 2 is 2.25 bits per heavy atom. The van der Waals surface area contributed by atoms with Crippen molar-refractivity contribution in [1.29, 1.82) is 0 Å². The average molecular weight is 284 g/mol. The van der Waals surface area contributed by atoms with E-state index in [9.17, 15) is 4.79 Å². The molecule has 5 nitrogen and oxygen atoms in total. The maximum absolute atomic E-state index is 11.9. The summed E-state index contributed by atoms with van der Waals surface area (Å²) in [5.41, 5.74) is 5.05. The summed E-state index contributed by atoms with van der Waals surface area (Å²) in [5, 5.41) is 3.37. The van der Waals surface area contributed by atoms with Gasteiger partial charge in [0.1, 0.15) is 5.54 Å². The second kappa shape index (κ2) is 6.87. The first-order valence-corrected chi connectivity index (χ1v) is 7.83. The van der Waals surface area contributed by atoms with Crippen molar-refractivity contribution in [1.82, 2.24) is 5.32 Å². The predicted octanol–water partition coefficient (Wildman–Crippen LogP) is 1.35. The van der Waals surface area contributed by atoms with E-state index in [-0.39, 0.29) is 24.2 Å². The van der Waals surface area contributed by atoms with Gasteiger partial charge >= 0.3 is 0 Å². The van der Waals surface area contributed by atoms with Gasteiger partial charge in [-0.25, -0.2) is 0 Å². The molecule has 1 aliphatic heterocycles. The van der Waals surface area contributed by atoms with E-state index in [4.69, 9.17) is 15.2 Å². The standard InChI is InChI=1S/C15H28N2O3/c1-11(2)17-15(14(16)18)7-3-5-12(9-15)20-10-13-6-4-8-19-13/h11-13,17H,3-10H2,1-2H3,(H2,16,18). The second-order valence-corrected chi connectivity index (χ2v) is 6.43. The molecule has 3 N–H and O–H groups in total. The van der Waals surface area contributed by atoms with E-state index in [1.165, 1.54) is 0 Å². The van der Waals surface area contributed by atoms with E-state index >= 15 is 0 Å². The van der Waals surface area contributed by atoms with Crippen molar-refractivity contribution in [2.75, 3.05) is 13.2 Å². The van der Waals surface area contributed by atoms with Crippen molar-refractivity contribution >= 4 is 5.91 Å². The van der Waals surface area contributed by atoms with Crippen LogP contribution < -0.4 is 11.1 Å². The van der Waals surface area contributed by atoms with Gasteiger partial charge in [-0.1, -0.05) is 0 Å². The Morgan fingerprint density at radius 1 is 1.45 bits per heavy atom. The van der Waals surface area contributed by atoms with Crippen LogP contribution in [0.1, 0.15) is 52.4 Å². The zero-order valence-electron chi connectivity index (χ0n) is 12.7. The fourth-order valence-electron chi connectivity index (χ4n) is 3.36. The Labute approximate surface area is 121 Å². The van der Waals surface area contributed by atoms with Crippen molar-refractivity contribution in [2.45, 2.75) is 76.2 Å². The number of hydrogen-bond donors (Lipinski definition) is 2. The minimum absolute atomic E-state index is 0.103. The van der Waals surface area contributed by atoms with Gasteiger partial charge in [0, 0.05) is 19.1 Å². The second-order valence-electron chi connectivity index (χ2n) is 6.43. The van der Waals surface area contributed by atoms with E-state index < -0.39 is 5.54 Å². The topological polar surface area (TPSA) is 73.6 Å². The van der Waals surface area contributed by atoms with E-state index in [0.717, 1.165) is 38.7 Å². The largest absolute Gasteiger partial charge is 0.376 e. The fraction of sp³-hybridized carbons (Fsp3) is 0.933. The number of carbonyl (C=O) groups excluding carboxylic acids is 1. The number of hydrogen-bond acceptors (Lipinski definition) is 4. The predicted molar refractivity (Wildman–Crippen MR) is 77.4 cm³/mol. The molecular formula is C15H28N2O3. The van der Waals surface area contributed by atoms with Crippen LogP contribution in [0, 0.1) is 0 Å². The molecule has 0 radical (unpaired) electrons. The van der Waals surface area contributed by atoms with Crippen molar-refractivity contribution in [3.8, 4) is 0 Å². The van der Waals surface area contributed by atoms with Crippen LogP contribution in [0.2, 0.25) is 0 Å². The molecule has 20 heavy (non-hydrogen) atoms. The Kier molecular flexibility index (Phi) is 5.41. The van der Waals surface area contributed by atoms with Gasteiger partial charge in [-0.15, -0.1) is 0 Å². The maximum atomic E-state index is 11.9. The zero-order chi connectivity index (χ0) is 14.6. The molecule has 1 saturated heterocycles. The van der Waals surface area contributed by atoms with Gasteiger partial charge in [-0.05, 0) is 46.0 Å². The highest BCUT2D eigenvalue weighted by Crippen LogP contribution is 2.31. The smallest absolute Gasteiger partial charge is 0.237 e. The molecule has 3 unspecified atom stereocenters. The molecule has 1 aliphatic carbocycles. The fourth-order valence-corrected chi connectivity index (χ4v) is 3.36. The number of ether oxygens (including phenoxy) is 2. The highest BCUT2D eigenvalue weighted by Gasteiger charge is 2.42. The van der Waals surface area contributed by atoms with Gasteiger partial charge in [-0.2, -0.15) is 0 Å². The molecule has 3 atom stereocenters. The first-order chi connectivity index (χ1) is 9.52. The lowest BCUT2D eigenvalue weighted by Gasteiger charge is -2.40. The summed E-state index contributed by atoms with van der Waals surface area (Å²) in [7, 11) is 0. The lowest BCUT2D eigenvalue weighted by atomic mass is 9.79. The van der Waals surface area contributed by atoms with Crippen LogP contribution in [0.4, 0.5) is 0 Å². The summed E-state index contributed by atoms with van der Waals surface area (Å²) in [4.78, 5) is 11.9. The summed E-state index contributed by atoms with van der Waals surface area (Å²) in [6.07, 6.45) is 6.00. The van der Waals surface area contributed by atoms with Crippen LogP contribution in [0.15, 0.2) is 0 Å². The Morgan fingerprint density at radius 3 is 2.85 bits per heavy atom. The van der Waals surface area contributed by atoms with Crippen molar-refractivity contribution < 1.29 is 14.3 Å². The van der Waals surface area contributed by atoms with Gasteiger partial charge in [0.25, 0.3) is 0 Å². The minimum atomic E-state index is -0.604. The molecule has 0 aromatic carbocycles. The lowest BCUT2D eigenvalue weighted by molar-refractivity contribution is -0.129. The van der Waals surface area contributed by atoms with Crippen LogP contribution in [-0.2, 0) is 14.3 Å². The number of nitrogens with two attached hydrogens (primary N) is 1.